The Hall–Kier alpha value is -2.78. The van der Waals surface area contributed by atoms with Crippen LogP contribution in [0.2, 0.25) is 0 Å². The molecule has 1 heterocycles. The number of ether oxygens (including phenoxy) is 3. The van der Waals surface area contributed by atoms with Crippen LogP contribution in [0, 0.1) is 10.1 Å². The summed E-state index contributed by atoms with van der Waals surface area (Å²) in [6, 6.07) is 7.34. The number of methoxy groups -OCH3 is 2. The van der Waals surface area contributed by atoms with Crippen LogP contribution < -0.4 is 9.64 Å². The van der Waals surface area contributed by atoms with Gasteiger partial charge >= 0.3 is 11.6 Å². The minimum Gasteiger partial charge on any atom is -0.434 e. The highest BCUT2D eigenvalue weighted by molar-refractivity contribution is 5.63. The van der Waals surface area contributed by atoms with Gasteiger partial charge in [0, 0.05) is 27.3 Å². The van der Waals surface area contributed by atoms with Crippen LogP contribution in [-0.2, 0) is 15.9 Å². The zero-order valence-corrected chi connectivity index (χ0v) is 15.8. The van der Waals surface area contributed by atoms with E-state index in [9.17, 15) is 10.1 Å². The molecule has 0 saturated carbocycles. The van der Waals surface area contributed by atoms with E-state index in [1.165, 1.54) is 6.33 Å². The van der Waals surface area contributed by atoms with Gasteiger partial charge in [-0.25, -0.2) is 4.98 Å². The summed E-state index contributed by atoms with van der Waals surface area (Å²) >= 11 is 0. The third-order valence-electron chi connectivity index (χ3n) is 3.93. The van der Waals surface area contributed by atoms with E-state index in [0.717, 1.165) is 12.0 Å². The van der Waals surface area contributed by atoms with Crippen molar-refractivity contribution in [2.45, 2.75) is 13.3 Å². The molecule has 2 aromatic rings. The summed E-state index contributed by atoms with van der Waals surface area (Å²) in [6.07, 6.45) is 2.15. The predicted octanol–water partition coefficient (Wildman–Crippen LogP) is 2.84. The molecule has 1 aromatic heterocycles. The maximum Gasteiger partial charge on any atom is 0.373 e. The smallest absolute Gasteiger partial charge is 0.373 e. The first kappa shape index (κ1) is 20.5. The summed E-state index contributed by atoms with van der Waals surface area (Å²) in [5.74, 6) is 0.540. The average Bonchev–Trinajstić information content (AvgIpc) is 2.68. The fraction of sp³-hybridized carbons (Fsp3) is 0.444. The lowest BCUT2D eigenvalue weighted by molar-refractivity contribution is -0.385. The molecule has 0 saturated heterocycles. The van der Waals surface area contributed by atoms with Crippen molar-refractivity contribution in [2.24, 2.45) is 0 Å². The van der Waals surface area contributed by atoms with Gasteiger partial charge in [0.25, 0.3) is 0 Å². The molecule has 2 rings (SSSR count). The molecule has 1 aromatic carbocycles. The number of anilines is 1. The normalized spacial score (nSPS) is 10.6. The van der Waals surface area contributed by atoms with Crippen molar-refractivity contribution in [3.8, 4) is 11.6 Å². The number of nitrogens with zero attached hydrogens (tertiary/aromatic N) is 4. The molecule has 9 nitrogen and oxygen atoms in total. The Kier molecular flexibility index (Phi) is 7.90. The van der Waals surface area contributed by atoms with Gasteiger partial charge in [-0.15, -0.1) is 0 Å². The molecule has 0 radical (unpaired) electrons. The van der Waals surface area contributed by atoms with E-state index in [2.05, 4.69) is 9.97 Å². The molecule has 0 aliphatic heterocycles. The maximum absolute atomic E-state index is 11.7. The lowest BCUT2D eigenvalue weighted by Crippen LogP contribution is -2.32. The van der Waals surface area contributed by atoms with Crippen molar-refractivity contribution in [1.29, 1.82) is 0 Å². The second-order valence-electron chi connectivity index (χ2n) is 5.68. The lowest BCUT2D eigenvalue weighted by atomic mass is 10.2. The fourth-order valence-electron chi connectivity index (χ4n) is 2.45. The first-order valence-electron chi connectivity index (χ1n) is 8.59. The molecule has 0 fully saturated rings. The summed E-state index contributed by atoms with van der Waals surface area (Å²) in [4.78, 5) is 21.0. The fourth-order valence-corrected chi connectivity index (χ4v) is 2.45. The van der Waals surface area contributed by atoms with Crippen molar-refractivity contribution < 1.29 is 19.1 Å². The SMILES string of the molecule is CCc1ccc(Oc2ncnc(N(CCOC)CCOC)c2[N+](=O)[O-])cc1. The van der Waals surface area contributed by atoms with Crippen LogP contribution in [0.5, 0.6) is 11.6 Å². The van der Waals surface area contributed by atoms with E-state index < -0.39 is 4.92 Å². The topological polar surface area (TPSA) is 99.9 Å². The van der Waals surface area contributed by atoms with E-state index in [-0.39, 0.29) is 17.4 Å². The molecule has 9 heteroatoms. The van der Waals surface area contributed by atoms with E-state index in [1.54, 1.807) is 31.3 Å². The predicted molar refractivity (Wildman–Crippen MR) is 101 cm³/mol. The third-order valence-corrected chi connectivity index (χ3v) is 3.93. The number of aromatic nitrogens is 2. The van der Waals surface area contributed by atoms with E-state index in [1.807, 2.05) is 19.1 Å². The molecule has 0 spiro atoms. The van der Waals surface area contributed by atoms with Crippen LogP contribution >= 0.6 is 0 Å². The number of rotatable bonds is 11. The van der Waals surface area contributed by atoms with Crippen LogP contribution in [0.1, 0.15) is 12.5 Å². The molecule has 0 amide bonds. The quantitative estimate of drug-likeness (QED) is 0.436. The van der Waals surface area contributed by atoms with Gasteiger partial charge in [-0.3, -0.25) is 10.1 Å². The van der Waals surface area contributed by atoms with Gasteiger partial charge in [0.2, 0.25) is 5.82 Å². The number of hydrogen-bond acceptors (Lipinski definition) is 8. The largest absolute Gasteiger partial charge is 0.434 e. The van der Waals surface area contributed by atoms with Gasteiger partial charge in [-0.1, -0.05) is 19.1 Å². The molecule has 0 aliphatic carbocycles. The lowest BCUT2D eigenvalue weighted by Gasteiger charge is -2.22. The van der Waals surface area contributed by atoms with E-state index >= 15 is 0 Å². The minimum atomic E-state index is -0.530. The summed E-state index contributed by atoms with van der Waals surface area (Å²) in [5, 5.41) is 11.7. The number of hydrogen-bond donors (Lipinski definition) is 0. The zero-order chi connectivity index (χ0) is 19.6. The van der Waals surface area contributed by atoms with Crippen LogP contribution in [0.3, 0.4) is 0 Å². The Bertz CT molecular complexity index is 731. The zero-order valence-electron chi connectivity index (χ0n) is 15.8. The number of benzene rings is 1. The van der Waals surface area contributed by atoms with Gasteiger partial charge in [-0.2, -0.15) is 4.98 Å². The van der Waals surface area contributed by atoms with Crippen LogP contribution in [0.15, 0.2) is 30.6 Å². The van der Waals surface area contributed by atoms with Gasteiger partial charge in [0.05, 0.1) is 18.1 Å². The highest BCUT2D eigenvalue weighted by Gasteiger charge is 2.28. The Balaban J connectivity index is 2.36. The highest BCUT2D eigenvalue weighted by atomic mass is 16.6. The summed E-state index contributed by atoms with van der Waals surface area (Å²) in [6.45, 7) is 3.66. The first-order valence-corrected chi connectivity index (χ1v) is 8.59. The van der Waals surface area contributed by atoms with E-state index in [0.29, 0.717) is 32.1 Å². The first-order chi connectivity index (χ1) is 13.1. The van der Waals surface area contributed by atoms with Crippen LogP contribution in [0.25, 0.3) is 0 Å². The van der Waals surface area contributed by atoms with Gasteiger partial charge in [-0.05, 0) is 24.1 Å². The monoisotopic (exact) mass is 376 g/mol. The van der Waals surface area contributed by atoms with Gasteiger partial charge in [0.15, 0.2) is 0 Å². The summed E-state index contributed by atoms with van der Waals surface area (Å²) < 4.78 is 15.9. The molecular weight excluding hydrogens is 352 g/mol. The Labute approximate surface area is 158 Å². The molecule has 0 atom stereocenters. The standard InChI is InChI=1S/C18H24N4O5/c1-4-14-5-7-15(8-6-14)27-18-16(22(23)24)17(19-13-20-18)21(9-11-25-2)10-12-26-3/h5-8,13H,4,9-12H2,1-3H3. The average molecular weight is 376 g/mol. The second kappa shape index (κ2) is 10.4. The van der Waals surface area contributed by atoms with Crippen molar-refractivity contribution in [3.05, 3.63) is 46.3 Å². The third kappa shape index (κ3) is 5.60. The Morgan fingerprint density at radius 2 is 1.70 bits per heavy atom. The van der Waals surface area contributed by atoms with Crippen molar-refractivity contribution in [2.75, 3.05) is 45.4 Å². The van der Waals surface area contributed by atoms with Gasteiger partial charge in [0.1, 0.15) is 12.1 Å². The van der Waals surface area contributed by atoms with E-state index in [4.69, 9.17) is 14.2 Å². The molecule has 146 valence electrons. The summed E-state index contributed by atoms with van der Waals surface area (Å²) in [7, 11) is 3.13. The molecule has 0 bridgehead atoms. The van der Waals surface area contributed by atoms with Crippen LogP contribution in [0.4, 0.5) is 11.5 Å². The second-order valence-corrected chi connectivity index (χ2v) is 5.68. The Morgan fingerprint density at radius 1 is 1.07 bits per heavy atom. The molecule has 27 heavy (non-hydrogen) atoms. The Morgan fingerprint density at radius 3 is 2.22 bits per heavy atom. The highest BCUT2D eigenvalue weighted by Crippen LogP contribution is 2.36. The van der Waals surface area contributed by atoms with Crippen molar-refractivity contribution >= 4 is 11.5 Å². The molecule has 0 unspecified atom stereocenters. The molecular formula is C18H24N4O5. The molecule has 0 aliphatic rings. The summed E-state index contributed by atoms with van der Waals surface area (Å²) in [5.41, 5.74) is 0.856. The molecule has 0 N–H and O–H groups in total. The van der Waals surface area contributed by atoms with Gasteiger partial charge < -0.3 is 19.1 Å². The van der Waals surface area contributed by atoms with Crippen LogP contribution in [-0.4, -0.2) is 55.4 Å². The van der Waals surface area contributed by atoms with Crippen molar-refractivity contribution in [3.63, 3.8) is 0 Å². The van der Waals surface area contributed by atoms with Crippen molar-refractivity contribution in [1.82, 2.24) is 9.97 Å². The minimum absolute atomic E-state index is 0.103. The number of nitro groups is 1. The number of aryl methyl sites for hydroxylation is 1. The maximum atomic E-state index is 11.7.